The van der Waals surface area contributed by atoms with Crippen LogP contribution >= 0.6 is 11.6 Å². The van der Waals surface area contributed by atoms with Crippen LogP contribution < -0.4 is 0 Å². The van der Waals surface area contributed by atoms with Crippen molar-refractivity contribution >= 4 is 23.4 Å². The number of hydrogen-bond acceptors (Lipinski definition) is 2. The van der Waals surface area contributed by atoms with E-state index >= 15 is 0 Å². The predicted octanol–water partition coefficient (Wildman–Crippen LogP) is 5.26. The van der Waals surface area contributed by atoms with Crippen molar-refractivity contribution in [3.63, 3.8) is 0 Å². The van der Waals surface area contributed by atoms with Gasteiger partial charge in [-0.25, -0.2) is 4.39 Å². The molecule has 1 aliphatic carbocycles. The van der Waals surface area contributed by atoms with Crippen LogP contribution in [0.15, 0.2) is 42.5 Å². The van der Waals surface area contributed by atoms with E-state index in [2.05, 4.69) is 0 Å². The standard InChI is InChI=1S/C25H28ClFN2O2/c1-16(2)29(15-17-11-12-28(14-17)24(30)19-7-8-19)25(31)20-5-3-18(4-6-20)21-9-10-23(27)22(26)13-21/h3-6,9-10,13,16-17,19H,7-8,11-12,14-15H2,1-2H3/t17-/m1/s1. The fourth-order valence-corrected chi connectivity index (χ4v) is 4.40. The molecule has 1 aliphatic heterocycles. The monoisotopic (exact) mass is 442 g/mol. The summed E-state index contributed by atoms with van der Waals surface area (Å²) in [6.07, 6.45) is 2.99. The highest BCUT2D eigenvalue weighted by Gasteiger charge is 2.37. The van der Waals surface area contributed by atoms with Crippen molar-refractivity contribution in [2.45, 2.75) is 39.2 Å². The number of rotatable bonds is 6. The molecule has 6 heteroatoms. The topological polar surface area (TPSA) is 40.6 Å². The number of benzene rings is 2. The van der Waals surface area contributed by atoms with Gasteiger partial charge in [0, 0.05) is 37.2 Å². The second kappa shape index (κ2) is 8.99. The molecule has 1 atom stereocenters. The summed E-state index contributed by atoms with van der Waals surface area (Å²) in [6.45, 7) is 6.25. The number of carbonyl (C=O) groups is 2. The Balaban J connectivity index is 1.43. The van der Waals surface area contributed by atoms with E-state index in [0.717, 1.165) is 43.5 Å². The maximum absolute atomic E-state index is 13.4. The highest BCUT2D eigenvalue weighted by Crippen LogP contribution is 2.33. The third-order valence-corrected chi connectivity index (χ3v) is 6.54. The van der Waals surface area contributed by atoms with Crippen LogP contribution in [0.25, 0.3) is 11.1 Å². The lowest BCUT2D eigenvalue weighted by Gasteiger charge is -2.30. The highest BCUT2D eigenvalue weighted by molar-refractivity contribution is 6.31. The lowest BCUT2D eigenvalue weighted by Crippen LogP contribution is -2.41. The van der Waals surface area contributed by atoms with Crippen LogP contribution in [0, 0.1) is 17.7 Å². The zero-order valence-corrected chi connectivity index (χ0v) is 18.7. The van der Waals surface area contributed by atoms with Crippen LogP contribution in [0.4, 0.5) is 4.39 Å². The first-order chi connectivity index (χ1) is 14.8. The normalized spacial score (nSPS) is 18.5. The summed E-state index contributed by atoms with van der Waals surface area (Å²) in [5.41, 5.74) is 2.30. The molecule has 2 fully saturated rings. The van der Waals surface area contributed by atoms with Crippen molar-refractivity contribution in [3.8, 4) is 11.1 Å². The van der Waals surface area contributed by atoms with E-state index in [1.807, 2.05) is 47.9 Å². The van der Waals surface area contributed by atoms with Crippen molar-refractivity contribution in [3.05, 3.63) is 58.9 Å². The summed E-state index contributed by atoms with van der Waals surface area (Å²) in [6, 6.07) is 12.0. The van der Waals surface area contributed by atoms with Crippen molar-refractivity contribution in [2.75, 3.05) is 19.6 Å². The number of amides is 2. The van der Waals surface area contributed by atoms with Gasteiger partial charge in [-0.05, 0) is 74.4 Å². The van der Waals surface area contributed by atoms with E-state index in [4.69, 9.17) is 11.6 Å². The van der Waals surface area contributed by atoms with Crippen LogP contribution in [0.5, 0.6) is 0 Å². The number of nitrogens with zero attached hydrogens (tertiary/aromatic N) is 2. The summed E-state index contributed by atoms with van der Waals surface area (Å²) >= 11 is 5.89. The van der Waals surface area contributed by atoms with Crippen LogP contribution in [-0.2, 0) is 4.79 Å². The molecular weight excluding hydrogens is 415 g/mol. The van der Waals surface area contributed by atoms with E-state index in [-0.39, 0.29) is 22.9 Å². The minimum Gasteiger partial charge on any atom is -0.342 e. The molecule has 164 valence electrons. The number of carbonyl (C=O) groups excluding carboxylic acids is 2. The SMILES string of the molecule is CC(C)N(C[C@@H]1CCN(C(=O)C2CC2)C1)C(=O)c1ccc(-c2ccc(F)c(Cl)c2)cc1. The van der Waals surface area contributed by atoms with Crippen molar-refractivity contribution in [1.82, 2.24) is 9.80 Å². The maximum atomic E-state index is 13.4. The zero-order chi connectivity index (χ0) is 22.1. The minimum absolute atomic E-state index is 0.00865. The molecule has 31 heavy (non-hydrogen) atoms. The Bertz CT molecular complexity index is 972. The predicted molar refractivity (Wildman–Crippen MR) is 120 cm³/mol. The Morgan fingerprint density at radius 1 is 1.10 bits per heavy atom. The molecule has 4 nitrogen and oxygen atoms in total. The molecule has 4 rings (SSSR count). The smallest absolute Gasteiger partial charge is 0.254 e. The van der Waals surface area contributed by atoms with E-state index < -0.39 is 5.82 Å². The summed E-state index contributed by atoms with van der Waals surface area (Å²) in [7, 11) is 0. The zero-order valence-electron chi connectivity index (χ0n) is 18.0. The van der Waals surface area contributed by atoms with E-state index in [0.29, 0.717) is 23.9 Å². The van der Waals surface area contributed by atoms with Gasteiger partial charge in [0.1, 0.15) is 5.82 Å². The fourth-order valence-electron chi connectivity index (χ4n) is 4.22. The van der Waals surface area contributed by atoms with Gasteiger partial charge >= 0.3 is 0 Å². The molecule has 1 saturated carbocycles. The van der Waals surface area contributed by atoms with Gasteiger partial charge in [0.05, 0.1) is 5.02 Å². The van der Waals surface area contributed by atoms with Crippen LogP contribution in [-0.4, -0.2) is 47.3 Å². The van der Waals surface area contributed by atoms with Gasteiger partial charge < -0.3 is 9.80 Å². The van der Waals surface area contributed by atoms with Crippen LogP contribution in [0.3, 0.4) is 0 Å². The highest BCUT2D eigenvalue weighted by atomic mass is 35.5. The van der Waals surface area contributed by atoms with Gasteiger partial charge in [-0.3, -0.25) is 9.59 Å². The van der Waals surface area contributed by atoms with Gasteiger partial charge in [0.15, 0.2) is 0 Å². The van der Waals surface area contributed by atoms with Gasteiger partial charge in [-0.2, -0.15) is 0 Å². The van der Waals surface area contributed by atoms with Crippen LogP contribution in [0.2, 0.25) is 5.02 Å². The molecule has 2 aliphatic rings. The summed E-state index contributed by atoms with van der Waals surface area (Å²) in [5.74, 6) is 0.395. The number of likely N-dealkylation sites (tertiary alicyclic amines) is 1. The largest absolute Gasteiger partial charge is 0.342 e. The van der Waals surface area contributed by atoms with Crippen molar-refractivity contribution in [1.29, 1.82) is 0 Å². The quantitative estimate of drug-likeness (QED) is 0.612. The Labute approximate surface area is 188 Å². The molecule has 0 spiro atoms. The molecule has 2 aromatic carbocycles. The first-order valence-electron chi connectivity index (χ1n) is 11.0. The van der Waals surface area contributed by atoms with Crippen LogP contribution in [0.1, 0.15) is 43.5 Å². The van der Waals surface area contributed by atoms with Gasteiger partial charge in [0.25, 0.3) is 5.91 Å². The average Bonchev–Trinajstić information content (AvgIpc) is 3.51. The van der Waals surface area contributed by atoms with Gasteiger partial charge in [-0.1, -0.05) is 29.8 Å². The number of halogens is 2. The Morgan fingerprint density at radius 3 is 2.39 bits per heavy atom. The first kappa shape index (κ1) is 21.8. The average molecular weight is 443 g/mol. The molecule has 1 saturated heterocycles. The summed E-state index contributed by atoms with van der Waals surface area (Å²) in [5, 5.41) is 0.0782. The van der Waals surface area contributed by atoms with Gasteiger partial charge in [0.2, 0.25) is 5.91 Å². The van der Waals surface area contributed by atoms with Crippen molar-refractivity contribution < 1.29 is 14.0 Å². The molecular formula is C25H28ClFN2O2. The Hall–Kier alpha value is -2.40. The Morgan fingerprint density at radius 2 is 1.77 bits per heavy atom. The third-order valence-electron chi connectivity index (χ3n) is 6.25. The fraction of sp³-hybridized carbons (Fsp3) is 0.440. The third kappa shape index (κ3) is 4.93. The lowest BCUT2D eigenvalue weighted by molar-refractivity contribution is -0.131. The minimum atomic E-state index is -0.450. The number of hydrogen-bond donors (Lipinski definition) is 0. The molecule has 0 bridgehead atoms. The second-order valence-electron chi connectivity index (χ2n) is 8.97. The molecule has 2 amide bonds. The summed E-state index contributed by atoms with van der Waals surface area (Å²) < 4.78 is 13.4. The van der Waals surface area contributed by atoms with E-state index in [1.165, 1.54) is 6.07 Å². The molecule has 0 unspecified atom stereocenters. The first-order valence-corrected chi connectivity index (χ1v) is 11.4. The second-order valence-corrected chi connectivity index (χ2v) is 9.38. The molecule has 0 aromatic heterocycles. The summed E-state index contributed by atoms with van der Waals surface area (Å²) in [4.78, 5) is 29.4. The molecule has 0 N–H and O–H groups in total. The molecule has 0 radical (unpaired) electrons. The van der Waals surface area contributed by atoms with E-state index in [9.17, 15) is 14.0 Å². The van der Waals surface area contributed by atoms with E-state index in [1.54, 1.807) is 12.1 Å². The maximum Gasteiger partial charge on any atom is 0.254 e. The lowest BCUT2D eigenvalue weighted by atomic mass is 10.0. The van der Waals surface area contributed by atoms with Crippen molar-refractivity contribution in [2.24, 2.45) is 11.8 Å². The Kier molecular flexibility index (Phi) is 6.33. The van der Waals surface area contributed by atoms with Gasteiger partial charge in [-0.15, -0.1) is 0 Å². The molecule has 1 heterocycles. The molecule has 2 aromatic rings.